The Balaban J connectivity index is 2.15. The summed E-state index contributed by atoms with van der Waals surface area (Å²) in [5.41, 5.74) is 10.7. The van der Waals surface area contributed by atoms with Crippen LogP contribution in [-0.2, 0) is 0 Å². The Bertz CT molecular complexity index is 759. The maximum Gasteiger partial charge on any atom is 0.146 e. The first-order valence-electron chi connectivity index (χ1n) is 6.05. The number of nitrogens with zero attached hydrogens (tertiary/aromatic N) is 4. The van der Waals surface area contributed by atoms with E-state index in [9.17, 15) is 0 Å². The van der Waals surface area contributed by atoms with Crippen molar-refractivity contribution in [1.82, 2.24) is 4.98 Å². The summed E-state index contributed by atoms with van der Waals surface area (Å²) < 4.78 is 0. The van der Waals surface area contributed by atoms with Gasteiger partial charge in [0.2, 0.25) is 0 Å². The summed E-state index contributed by atoms with van der Waals surface area (Å²) in [5.74, 6) is 0.433. The highest BCUT2D eigenvalue weighted by Gasteiger charge is 2.12. The highest BCUT2D eigenvalue weighted by Crippen LogP contribution is 2.39. The van der Waals surface area contributed by atoms with Crippen molar-refractivity contribution in [2.24, 2.45) is 5.11 Å². The Morgan fingerprint density at radius 3 is 2.10 bits per heavy atom. The monoisotopic (exact) mass is 278 g/mol. The van der Waals surface area contributed by atoms with E-state index in [1.54, 1.807) is 0 Å². The molecule has 0 unspecified atom stereocenters. The molecule has 0 amide bonds. The van der Waals surface area contributed by atoms with Crippen LogP contribution in [0, 0.1) is 0 Å². The minimum Gasteiger partial charge on any atom is -0.234 e. The molecule has 0 aliphatic heterocycles. The summed E-state index contributed by atoms with van der Waals surface area (Å²) in [4.78, 5) is 8.20. The highest BCUT2D eigenvalue weighted by atomic mass is 32.1. The van der Waals surface area contributed by atoms with Gasteiger partial charge in [-0.15, -0.1) is 11.3 Å². The first kappa shape index (κ1) is 12.4. The predicted molar refractivity (Wildman–Crippen MR) is 81.8 cm³/mol. The molecule has 0 radical (unpaired) electrons. The van der Waals surface area contributed by atoms with Crippen molar-refractivity contribution in [3.8, 4) is 21.0 Å². The lowest BCUT2D eigenvalue weighted by Gasteiger charge is -1.96. The lowest BCUT2D eigenvalue weighted by atomic mass is 10.2. The molecule has 5 heteroatoms. The molecule has 1 aromatic heterocycles. The van der Waals surface area contributed by atoms with Gasteiger partial charge in [0.1, 0.15) is 10.8 Å². The third kappa shape index (κ3) is 2.40. The van der Waals surface area contributed by atoms with Crippen LogP contribution in [0.4, 0.5) is 5.82 Å². The minimum absolute atomic E-state index is 0.433. The smallest absolute Gasteiger partial charge is 0.146 e. The third-order valence-corrected chi connectivity index (χ3v) is 3.95. The molecular weight excluding hydrogens is 268 g/mol. The third-order valence-electron chi connectivity index (χ3n) is 2.81. The molecule has 96 valence electrons. The summed E-state index contributed by atoms with van der Waals surface area (Å²) in [6.07, 6.45) is 0. The molecule has 0 atom stereocenters. The van der Waals surface area contributed by atoms with Gasteiger partial charge in [-0.3, -0.25) is 0 Å². The van der Waals surface area contributed by atoms with Gasteiger partial charge in [0.15, 0.2) is 0 Å². The Labute approximate surface area is 120 Å². The lowest BCUT2D eigenvalue weighted by Crippen LogP contribution is -1.73. The van der Waals surface area contributed by atoms with Gasteiger partial charge in [-0.2, -0.15) is 0 Å². The fourth-order valence-corrected chi connectivity index (χ4v) is 2.92. The molecule has 1 heterocycles. The first-order chi connectivity index (χ1) is 9.88. The Morgan fingerprint density at radius 1 is 0.900 bits per heavy atom. The Kier molecular flexibility index (Phi) is 3.46. The average Bonchev–Trinajstić information content (AvgIpc) is 2.94. The van der Waals surface area contributed by atoms with E-state index in [0.29, 0.717) is 5.82 Å². The number of azide groups is 1. The molecule has 0 aliphatic carbocycles. The van der Waals surface area contributed by atoms with Crippen LogP contribution in [-0.4, -0.2) is 4.98 Å². The standard InChI is InChI=1S/C15H10N4S/c16-19-18-14-13(11-7-3-1-4-8-11)20-15(17-14)12-9-5-2-6-10-12/h1-10H. The van der Waals surface area contributed by atoms with E-state index in [-0.39, 0.29) is 0 Å². The van der Waals surface area contributed by atoms with E-state index >= 15 is 0 Å². The molecule has 0 saturated carbocycles. The van der Waals surface area contributed by atoms with Crippen LogP contribution < -0.4 is 0 Å². The van der Waals surface area contributed by atoms with Crippen molar-refractivity contribution >= 4 is 17.2 Å². The summed E-state index contributed by atoms with van der Waals surface area (Å²) in [6.45, 7) is 0. The maximum atomic E-state index is 8.69. The Morgan fingerprint density at radius 2 is 1.50 bits per heavy atom. The number of benzene rings is 2. The summed E-state index contributed by atoms with van der Waals surface area (Å²) in [5, 5.41) is 4.56. The van der Waals surface area contributed by atoms with Crippen LogP contribution in [0.3, 0.4) is 0 Å². The molecule has 0 fully saturated rings. The van der Waals surface area contributed by atoms with Crippen molar-refractivity contribution < 1.29 is 0 Å². The van der Waals surface area contributed by atoms with Crippen molar-refractivity contribution in [2.75, 3.05) is 0 Å². The molecule has 2 aromatic carbocycles. The van der Waals surface area contributed by atoms with Crippen molar-refractivity contribution in [3.63, 3.8) is 0 Å². The molecule has 0 N–H and O–H groups in total. The van der Waals surface area contributed by atoms with Crippen LogP contribution in [0.15, 0.2) is 65.8 Å². The second kappa shape index (κ2) is 5.57. The quantitative estimate of drug-likeness (QED) is 0.358. The van der Waals surface area contributed by atoms with Gasteiger partial charge in [0, 0.05) is 10.5 Å². The van der Waals surface area contributed by atoms with Crippen LogP contribution in [0.2, 0.25) is 0 Å². The van der Waals surface area contributed by atoms with Gasteiger partial charge in [-0.1, -0.05) is 60.7 Å². The van der Waals surface area contributed by atoms with Gasteiger partial charge in [0.05, 0.1) is 4.88 Å². The van der Waals surface area contributed by atoms with Crippen LogP contribution in [0.1, 0.15) is 0 Å². The SMILES string of the molecule is [N-]=[N+]=Nc1nc(-c2ccccc2)sc1-c1ccccc1. The van der Waals surface area contributed by atoms with E-state index in [4.69, 9.17) is 5.53 Å². The number of thiazole rings is 1. The zero-order chi connectivity index (χ0) is 13.8. The molecule has 3 aromatic rings. The zero-order valence-electron chi connectivity index (χ0n) is 10.5. The molecule has 4 nitrogen and oxygen atoms in total. The molecule has 20 heavy (non-hydrogen) atoms. The molecule has 0 bridgehead atoms. The predicted octanol–water partition coefficient (Wildman–Crippen LogP) is 5.42. The van der Waals surface area contributed by atoms with E-state index in [2.05, 4.69) is 15.0 Å². The summed E-state index contributed by atoms with van der Waals surface area (Å²) in [7, 11) is 0. The highest BCUT2D eigenvalue weighted by molar-refractivity contribution is 7.19. The number of hydrogen-bond donors (Lipinski definition) is 0. The van der Waals surface area contributed by atoms with Crippen molar-refractivity contribution in [3.05, 3.63) is 71.1 Å². The van der Waals surface area contributed by atoms with Crippen molar-refractivity contribution in [1.29, 1.82) is 0 Å². The lowest BCUT2D eigenvalue weighted by molar-refractivity contribution is 1.32. The Hall–Kier alpha value is -2.62. The van der Waals surface area contributed by atoms with Gasteiger partial charge < -0.3 is 0 Å². The summed E-state index contributed by atoms with van der Waals surface area (Å²) in [6, 6.07) is 19.7. The molecule has 0 saturated heterocycles. The van der Waals surface area contributed by atoms with Gasteiger partial charge in [-0.05, 0) is 16.2 Å². The second-order valence-corrected chi connectivity index (χ2v) is 5.09. The topological polar surface area (TPSA) is 61.7 Å². The van der Waals surface area contributed by atoms with E-state index in [1.165, 1.54) is 11.3 Å². The van der Waals surface area contributed by atoms with Crippen molar-refractivity contribution in [2.45, 2.75) is 0 Å². The number of rotatable bonds is 3. The van der Waals surface area contributed by atoms with Gasteiger partial charge >= 0.3 is 0 Å². The first-order valence-corrected chi connectivity index (χ1v) is 6.87. The molecule has 0 spiro atoms. The number of aromatic nitrogens is 1. The minimum atomic E-state index is 0.433. The van der Waals surface area contributed by atoms with Gasteiger partial charge in [-0.25, -0.2) is 4.98 Å². The van der Waals surface area contributed by atoms with E-state index < -0.39 is 0 Å². The van der Waals surface area contributed by atoms with Crippen LogP contribution in [0.5, 0.6) is 0 Å². The van der Waals surface area contributed by atoms with Crippen LogP contribution in [0.25, 0.3) is 31.5 Å². The van der Waals surface area contributed by atoms with Crippen LogP contribution >= 0.6 is 11.3 Å². The summed E-state index contributed by atoms with van der Waals surface area (Å²) >= 11 is 1.53. The number of hydrogen-bond acceptors (Lipinski definition) is 3. The average molecular weight is 278 g/mol. The normalized spacial score (nSPS) is 10.0. The fraction of sp³-hybridized carbons (Fsp3) is 0. The second-order valence-electron chi connectivity index (χ2n) is 4.09. The zero-order valence-corrected chi connectivity index (χ0v) is 11.3. The molecule has 3 rings (SSSR count). The molecular formula is C15H10N4S. The fourth-order valence-electron chi connectivity index (χ4n) is 1.90. The van der Waals surface area contributed by atoms with Gasteiger partial charge in [0.25, 0.3) is 0 Å². The molecule has 0 aliphatic rings. The maximum absolute atomic E-state index is 8.69. The van der Waals surface area contributed by atoms with E-state index in [1.807, 2.05) is 60.7 Å². The van der Waals surface area contributed by atoms with E-state index in [0.717, 1.165) is 21.0 Å². The largest absolute Gasteiger partial charge is 0.234 e.